The first-order valence-corrected chi connectivity index (χ1v) is 14.6. The van der Waals surface area contributed by atoms with Crippen molar-refractivity contribution in [1.82, 2.24) is 14.1 Å². The van der Waals surface area contributed by atoms with E-state index in [0.29, 0.717) is 44.3 Å². The van der Waals surface area contributed by atoms with E-state index in [1.807, 2.05) is 11.8 Å². The molecule has 202 valence electrons. The highest BCUT2D eigenvalue weighted by Crippen LogP contribution is 2.23. The fourth-order valence-electron chi connectivity index (χ4n) is 4.68. The van der Waals surface area contributed by atoms with Crippen molar-refractivity contribution in [2.24, 2.45) is 0 Å². The second kappa shape index (κ2) is 13.7. The van der Waals surface area contributed by atoms with Gasteiger partial charge in [-0.15, -0.1) is 0 Å². The second-order valence-electron chi connectivity index (χ2n) is 9.52. The third-order valence-corrected chi connectivity index (χ3v) is 8.59. The molecular weight excluding hydrogens is 493 g/mol. The van der Waals surface area contributed by atoms with Gasteiger partial charge in [-0.25, -0.2) is 12.8 Å². The molecular formula is C28H38FN3O4S. The van der Waals surface area contributed by atoms with Crippen LogP contribution in [0.5, 0.6) is 0 Å². The summed E-state index contributed by atoms with van der Waals surface area (Å²) in [5, 5.41) is 0. The fraction of sp³-hybridized carbons (Fsp3) is 0.500. The van der Waals surface area contributed by atoms with E-state index in [0.717, 1.165) is 12.8 Å². The fourth-order valence-corrected chi connectivity index (χ4v) is 6.19. The summed E-state index contributed by atoms with van der Waals surface area (Å²) in [6.07, 6.45) is 4.08. The minimum atomic E-state index is -3.86. The predicted molar refractivity (Wildman–Crippen MR) is 142 cm³/mol. The number of sulfonamides is 1. The molecule has 2 amide bonds. The molecule has 0 spiro atoms. The van der Waals surface area contributed by atoms with Crippen molar-refractivity contribution < 1.29 is 22.4 Å². The molecule has 7 nitrogen and oxygen atoms in total. The quantitative estimate of drug-likeness (QED) is 0.406. The minimum Gasteiger partial charge on any atom is -0.343 e. The highest BCUT2D eigenvalue weighted by atomic mass is 32.2. The topological polar surface area (TPSA) is 78.0 Å². The summed E-state index contributed by atoms with van der Waals surface area (Å²) in [4.78, 5) is 29.9. The maximum atomic E-state index is 13.9. The Balaban J connectivity index is 1.80. The molecule has 0 unspecified atom stereocenters. The molecule has 0 aliphatic carbocycles. The third-order valence-electron chi connectivity index (χ3n) is 6.73. The van der Waals surface area contributed by atoms with Crippen LogP contribution in [0.3, 0.4) is 0 Å². The molecule has 9 heteroatoms. The van der Waals surface area contributed by atoms with Crippen LogP contribution in [-0.2, 0) is 26.2 Å². The van der Waals surface area contributed by atoms with Gasteiger partial charge in [-0.2, -0.15) is 4.31 Å². The van der Waals surface area contributed by atoms with E-state index in [9.17, 15) is 22.4 Å². The first-order chi connectivity index (χ1) is 17.8. The number of carbonyl (C=O) groups excluding carboxylic acids is 2. The van der Waals surface area contributed by atoms with E-state index in [1.165, 1.54) is 28.6 Å². The molecule has 3 rings (SSSR count). The largest absolute Gasteiger partial charge is 0.343 e. The zero-order chi connectivity index (χ0) is 26.8. The summed E-state index contributed by atoms with van der Waals surface area (Å²) in [5.41, 5.74) is 0.641. The van der Waals surface area contributed by atoms with E-state index in [1.54, 1.807) is 35.2 Å². The Kier molecular flexibility index (Phi) is 10.6. The number of piperidine rings is 1. The molecule has 0 radical (unpaired) electrons. The van der Waals surface area contributed by atoms with Crippen molar-refractivity contribution >= 4 is 21.8 Å². The Morgan fingerprint density at radius 3 is 2.32 bits per heavy atom. The first kappa shape index (κ1) is 28.8. The summed E-state index contributed by atoms with van der Waals surface area (Å²) >= 11 is 0. The van der Waals surface area contributed by atoms with Crippen LogP contribution in [0.15, 0.2) is 59.5 Å². The van der Waals surface area contributed by atoms with Crippen LogP contribution in [0.4, 0.5) is 4.39 Å². The molecule has 0 bridgehead atoms. The van der Waals surface area contributed by atoms with Crippen LogP contribution >= 0.6 is 0 Å². The molecule has 1 heterocycles. The number of hydrogen-bond acceptors (Lipinski definition) is 4. The molecule has 0 aromatic heterocycles. The minimum absolute atomic E-state index is 0.131. The summed E-state index contributed by atoms with van der Waals surface area (Å²) in [6.45, 7) is 5.10. The number of amides is 2. The average Bonchev–Trinajstić information content (AvgIpc) is 2.90. The van der Waals surface area contributed by atoms with Crippen LogP contribution in [0.25, 0.3) is 0 Å². The van der Waals surface area contributed by atoms with Crippen LogP contribution in [0, 0.1) is 5.82 Å². The van der Waals surface area contributed by atoms with Gasteiger partial charge in [-0.3, -0.25) is 9.59 Å². The molecule has 1 fully saturated rings. The van der Waals surface area contributed by atoms with Gasteiger partial charge in [-0.1, -0.05) is 50.6 Å². The number of likely N-dealkylation sites (tertiary alicyclic amines) is 1. The lowest BCUT2D eigenvalue weighted by Crippen LogP contribution is -2.51. The van der Waals surface area contributed by atoms with Crippen molar-refractivity contribution in [3.8, 4) is 0 Å². The van der Waals surface area contributed by atoms with Gasteiger partial charge in [0, 0.05) is 38.6 Å². The summed E-state index contributed by atoms with van der Waals surface area (Å²) < 4.78 is 41.8. The molecule has 37 heavy (non-hydrogen) atoms. The number of hydrogen-bond donors (Lipinski definition) is 0. The second-order valence-corrected chi connectivity index (χ2v) is 11.5. The van der Waals surface area contributed by atoms with Crippen molar-refractivity contribution in [1.29, 1.82) is 0 Å². The van der Waals surface area contributed by atoms with Gasteiger partial charge < -0.3 is 9.80 Å². The van der Waals surface area contributed by atoms with Gasteiger partial charge in [0.1, 0.15) is 5.82 Å². The van der Waals surface area contributed by atoms with Crippen LogP contribution < -0.4 is 0 Å². The van der Waals surface area contributed by atoms with E-state index in [2.05, 4.69) is 6.92 Å². The Hall–Kier alpha value is -2.78. The smallest absolute Gasteiger partial charge is 0.243 e. The molecule has 2 aromatic rings. The maximum absolute atomic E-state index is 13.9. The SMILES string of the molecule is CCCCC(=O)N1CCC(N(Cc2cccc(F)c2)C(=O)CN(CCC)S(=O)(=O)c2ccccc2)CC1. The summed E-state index contributed by atoms with van der Waals surface area (Å²) in [5.74, 6) is -0.583. The van der Waals surface area contributed by atoms with E-state index >= 15 is 0 Å². The highest BCUT2D eigenvalue weighted by molar-refractivity contribution is 7.89. The number of unbranched alkanes of at least 4 members (excludes halogenated alkanes) is 1. The first-order valence-electron chi connectivity index (χ1n) is 13.1. The summed E-state index contributed by atoms with van der Waals surface area (Å²) in [7, 11) is -3.86. The molecule has 1 aliphatic heterocycles. The van der Waals surface area contributed by atoms with E-state index in [4.69, 9.17) is 0 Å². The van der Waals surface area contributed by atoms with Crippen LogP contribution in [-0.4, -0.2) is 66.6 Å². The van der Waals surface area contributed by atoms with Gasteiger partial charge in [-0.05, 0) is 55.5 Å². The number of nitrogens with zero attached hydrogens (tertiary/aromatic N) is 3. The van der Waals surface area contributed by atoms with E-state index < -0.39 is 10.0 Å². The number of benzene rings is 2. The van der Waals surface area contributed by atoms with E-state index in [-0.39, 0.29) is 48.2 Å². The van der Waals surface area contributed by atoms with Gasteiger partial charge in [0.15, 0.2) is 0 Å². The molecule has 0 N–H and O–H groups in total. The lowest BCUT2D eigenvalue weighted by Gasteiger charge is -2.39. The van der Waals surface area contributed by atoms with Crippen molar-refractivity contribution in [3.05, 3.63) is 66.0 Å². The average molecular weight is 532 g/mol. The van der Waals surface area contributed by atoms with Gasteiger partial charge in [0.05, 0.1) is 11.4 Å². The molecule has 2 aromatic carbocycles. The Morgan fingerprint density at radius 2 is 1.70 bits per heavy atom. The van der Waals surface area contributed by atoms with Crippen molar-refractivity contribution in [3.63, 3.8) is 0 Å². The normalized spacial score (nSPS) is 14.6. The highest BCUT2D eigenvalue weighted by Gasteiger charge is 2.33. The molecule has 1 saturated heterocycles. The number of halogens is 1. The van der Waals surface area contributed by atoms with Crippen LogP contribution in [0.2, 0.25) is 0 Å². The monoisotopic (exact) mass is 531 g/mol. The molecule has 1 aliphatic rings. The lowest BCUT2D eigenvalue weighted by atomic mass is 10.0. The zero-order valence-corrected chi connectivity index (χ0v) is 22.6. The molecule has 0 saturated carbocycles. The standard InChI is InChI=1S/C28H38FN3O4S/c1-3-5-14-27(33)30-18-15-25(16-19-30)32(21-23-10-9-11-24(29)20-23)28(34)22-31(17-4-2)37(35,36)26-12-7-6-8-13-26/h6-13,20,25H,3-5,14-19,21-22H2,1-2H3. The third kappa shape index (κ3) is 7.85. The Bertz CT molecular complexity index is 1140. The summed E-state index contributed by atoms with van der Waals surface area (Å²) in [6, 6.07) is 14.1. The van der Waals surface area contributed by atoms with Gasteiger partial charge in [0.25, 0.3) is 0 Å². The zero-order valence-electron chi connectivity index (χ0n) is 21.8. The Labute approximate surface area is 220 Å². The number of rotatable bonds is 12. The van der Waals surface area contributed by atoms with Crippen molar-refractivity contribution in [2.75, 3.05) is 26.2 Å². The lowest BCUT2D eigenvalue weighted by molar-refractivity contribution is -0.137. The maximum Gasteiger partial charge on any atom is 0.243 e. The van der Waals surface area contributed by atoms with Crippen molar-refractivity contribution in [2.45, 2.75) is 69.9 Å². The predicted octanol–water partition coefficient (Wildman–Crippen LogP) is 4.44. The van der Waals surface area contributed by atoms with Crippen LogP contribution in [0.1, 0.15) is 57.9 Å². The van der Waals surface area contributed by atoms with Gasteiger partial charge in [0.2, 0.25) is 21.8 Å². The molecule has 0 atom stereocenters. The Morgan fingerprint density at radius 1 is 1.00 bits per heavy atom. The number of carbonyl (C=O) groups is 2. The van der Waals surface area contributed by atoms with Gasteiger partial charge >= 0.3 is 0 Å².